The van der Waals surface area contributed by atoms with Gasteiger partial charge in [0.05, 0.1) is 5.92 Å². The highest BCUT2D eigenvalue weighted by Gasteiger charge is 2.34. The van der Waals surface area contributed by atoms with Crippen LogP contribution in [0.4, 0.5) is 5.69 Å². The normalized spacial score (nSPS) is 16.9. The highest BCUT2D eigenvalue weighted by Crippen LogP contribution is 2.29. The number of aryl methyl sites for hydroxylation is 1. The second-order valence-electron chi connectivity index (χ2n) is 7.48. The topological polar surface area (TPSA) is 49.4 Å². The van der Waals surface area contributed by atoms with Crippen molar-refractivity contribution in [1.29, 1.82) is 0 Å². The van der Waals surface area contributed by atoms with Crippen LogP contribution in [0.15, 0.2) is 42.5 Å². The summed E-state index contributed by atoms with van der Waals surface area (Å²) < 4.78 is 0. The van der Waals surface area contributed by atoms with Gasteiger partial charge in [0, 0.05) is 30.2 Å². The van der Waals surface area contributed by atoms with Crippen molar-refractivity contribution < 1.29 is 9.59 Å². The molecule has 0 spiro atoms. The monoisotopic (exact) mass is 384 g/mol. The van der Waals surface area contributed by atoms with E-state index in [1.54, 1.807) is 4.90 Å². The van der Waals surface area contributed by atoms with E-state index in [0.29, 0.717) is 24.0 Å². The number of hydrogen-bond donors (Lipinski definition) is 1. The number of carbonyl (C=O) groups is 2. The Morgan fingerprint density at radius 1 is 1.22 bits per heavy atom. The van der Waals surface area contributed by atoms with Crippen LogP contribution in [0.5, 0.6) is 0 Å². The van der Waals surface area contributed by atoms with Gasteiger partial charge in [-0.1, -0.05) is 55.8 Å². The first-order valence-corrected chi connectivity index (χ1v) is 9.65. The molecule has 1 heterocycles. The minimum absolute atomic E-state index is 0.0129. The molecule has 2 aromatic carbocycles. The molecule has 1 unspecified atom stereocenters. The van der Waals surface area contributed by atoms with Gasteiger partial charge in [0.2, 0.25) is 11.8 Å². The molecule has 0 saturated carbocycles. The van der Waals surface area contributed by atoms with Crippen molar-refractivity contribution in [1.82, 2.24) is 4.90 Å². The third-order valence-electron chi connectivity index (χ3n) is 5.05. The summed E-state index contributed by atoms with van der Waals surface area (Å²) in [5, 5.41) is 3.75. The van der Waals surface area contributed by atoms with Crippen LogP contribution in [0.1, 0.15) is 42.9 Å². The van der Waals surface area contributed by atoms with E-state index in [9.17, 15) is 9.59 Å². The lowest BCUT2D eigenvalue weighted by atomic mass is 9.97. The highest BCUT2D eigenvalue weighted by atomic mass is 35.5. The predicted molar refractivity (Wildman–Crippen MR) is 109 cm³/mol. The number of nitrogens with one attached hydrogen (secondary N) is 1. The molecule has 2 aromatic rings. The van der Waals surface area contributed by atoms with Gasteiger partial charge >= 0.3 is 0 Å². The third-order valence-corrected chi connectivity index (χ3v) is 5.30. The van der Waals surface area contributed by atoms with Gasteiger partial charge in [-0.15, -0.1) is 0 Å². The molecular weight excluding hydrogens is 360 g/mol. The van der Waals surface area contributed by atoms with Crippen LogP contribution in [-0.4, -0.2) is 23.3 Å². The molecule has 5 heteroatoms. The molecule has 1 fully saturated rings. The van der Waals surface area contributed by atoms with Crippen molar-refractivity contribution >= 4 is 29.1 Å². The summed E-state index contributed by atoms with van der Waals surface area (Å²) in [6, 6.07) is 13.5. The molecule has 3 rings (SSSR count). The molecule has 1 aliphatic rings. The van der Waals surface area contributed by atoms with Gasteiger partial charge in [0.1, 0.15) is 0 Å². The summed E-state index contributed by atoms with van der Waals surface area (Å²) in [5.74, 6) is -0.0895. The number of carbonyl (C=O) groups excluding carboxylic acids is 2. The molecule has 142 valence electrons. The smallest absolute Gasteiger partial charge is 0.229 e. The predicted octanol–water partition coefficient (Wildman–Crippen LogP) is 4.76. The third kappa shape index (κ3) is 4.51. The maximum Gasteiger partial charge on any atom is 0.229 e. The Hall–Kier alpha value is -2.33. The van der Waals surface area contributed by atoms with Crippen molar-refractivity contribution in [3.63, 3.8) is 0 Å². The maximum atomic E-state index is 12.8. The second kappa shape index (κ2) is 8.13. The average molecular weight is 385 g/mol. The summed E-state index contributed by atoms with van der Waals surface area (Å²) >= 11 is 5.91. The number of halogens is 1. The number of anilines is 1. The minimum atomic E-state index is -0.329. The Bertz CT molecular complexity index is 846. The molecule has 1 aliphatic heterocycles. The van der Waals surface area contributed by atoms with Crippen molar-refractivity contribution in [2.45, 2.75) is 39.7 Å². The second-order valence-corrected chi connectivity index (χ2v) is 7.92. The number of amides is 2. The first-order chi connectivity index (χ1) is 12.8. The zero-order chi connectivity index (χ0) is 19.6. The summed E-state index contributed by atoms with van der Waals surface area (Å²) in [5.41, 5.74) is 4.04. The van der Waals surface area contributed by atoms with E-state index in [2.05, 4.69) is 19.2 Å². The van der Waals surface area contributed by atoms with E-state index in [1.807, 2.05) is 49.4 Å². The lowest BCUT2D eigenvalue weighted by Crippen LogP contribution is -2.28. The van der Waals surface area contributed by atoms with Crippen LogP contribution in [0.25, 0.3) is 0 Å². The standard InChI is InChI=1S/C22H25ClN2O2/c1-14(2)19-6-4-5-15(3)21(19)24-22(27)17-11-20(26)25(13-17)12-16-7-9-18(23)10-8-16/h4-10,14,17H,11-13H2,1-3H3,(H,24,27). The van der Waals surface area contributed by atoms with E-state index in [-0.39, 0.29) is 24.2 Å². The number of hydrogen-bond acceptors (Lipinski definition) is 2. The fraction of sp³-hybridized carbons (Fsp3) is 0.364. The zero-order valence-electron chi connectivity index (χ0n) is 16.0. The molecular formula is C22H25ClN2O2. The van der Waals surface area contributed by atoms with Crippen LogP contribution in [-0.2, 0) is 16.1 Å². The van der Waals surface area contributed by atoms with Gasteiger partial charge in [-0.3, -0.25) is 9.59 Å². The van der Waals surface area contributed by atoms with Crippen LogP contribution in [0.3, 0.4) is 0 Å². The molecule has 0 aromatic heterocycles. The number of benzene rings is 2. The Kier molecular flexibility index (Phi) is 5.85. The molecule has 4 nitrogen and oxygen atoms in total. The Labute approximate surface area is 165 Å². The first kappa shape index (κ1) is 19.4. The Balaban J connectivity index is 1.68. The summed E-state index contributed by atoms with van der Waals surface area (Å²) in [4.78, 5) is 26.9. The summed E-state index contributed by atoms with van der Waals surface area (Å²) in [7, 11) is 0. The maximum absolute atomic E-state index is 12.8. The Morgan fingerprint density at radius 3 is 2.59 bits per heavy atom. The van der Waals surface area contributed by atoms with E-state index < -0.39 is 0 Å². The molecule has 0 radical (unpaired) electrons. The molecule has 27 heavy (non-hydrogen) atoms. The molecule has 1 saturated heterocycles. The van der Waals surface area contributed by atoms with Gasteiger partial charge in [-0.05, 0) is 41.7 Å². The molecule has 0 bridgehead atoms. The van der Waals surface area contributed by atoms with Crippen LogP contribution >= 0.6 is 11.6 Å². The molecule has 1 atom stereocenters. The lowest BCUT2D eigenvalue weighted by molar-refractivity contribution is -0.128. The zero-order valence-corrected chi connectivity index (χ0v) is 16.7. The van der Waals surface area contributed by atoms with Crippen LogP contribution < -0.4 is 5.32 Å². The molecule has 1 N–H and O–H groups in total. The largest absolute Gasteiger partial charge is 0.338 e. The molecule has 0 aliphatic carbocycles. The SMILES string of the molecule is Cc1cccc(C(C)C)c1NC(=O)C1CC(=O)N(Cc2ccc(Cl)cc2)C1. The number of nitrogens with zero attached hydrogens (tertiary/aromatic N) is 1. The van der Waals surface area contributed by atoms with Gasteiger partial charge in [-0.2, -0.15) is 0 Å². The minimum Gasteiger partial charge on any atom is -0.338 e. The number of likely N-dealkylation sites (tertiary alicyclic amines) is 1. The van der Waals surface area contributed by atoms with Crippen molar-refractivity contribution in [2.75, 3.05) is 11.9 Å². The lowest BCUT2D eigenvalue weighted by Gasteiger charge is -2.19. The molecule has 2 amide bonds. The highest BCUT2D eigenvalue weighted by molar-refractivity contribution is 6.30. The fourth-order valence-electron chi connectivity index (χ4n) is 3.48. The van der Waals surface area contributed by atoms with Gasteiger partial charge in [0.15, 0.2) is 0 Å². The summed E-state index contributed by atoms with van der Waals surface area (Å²) in [6.07, 6.45) is 0.252. The van der Waals surface area contributed by atoms with Crippen molar-refractivity contribution in [3.05, 3.63) is 64.2 Å². The Morgan fingerprint density at radius 2 is 1.93 bits per heavy atom. The van der Waals surface area contributed by atoms with Crippen LogP contribution in [0.2, 0.25) is 5.02 Å². The van der Waals surface area contributed by atoms with Crippen molar-refractivity contribution in [3.8, 4) is 0 Å². The first-order valence-electron chi connectivity index (χ1n) is 9.27. The average Bonchev–Trinajstić information content (AvgIpc) is 2.99. The van der Waals surface area contributed by atoms with E-state index in [0.717, 1.165) is 22.4 Å². The van der Waals surface area contributed by atoms with E-state index >= 15 is 0 Å². The number of para-hydroxylation sites is 1. The van der Waals surface area contributed by atoms with E-state index in [4.69, 9.17) is 11.6 Å². The summed E-state index contributed by atoms with van der Waals surface area (Å²) in [6.45, 7) is 7.15. The van der Waals surface area contributed by atoms with Gasteiger partial charge in [-0.25, -0.2) is 0 Å². The number of rotatable bonds is 5. The quantitative estimate of drug-likeness (QED) is 0.807. The van der Waals surface area contributed by atoms with Crippen molar-refractivity contribution in [2.24, 2.45) is 5.92 Å². The van der Waals surface area contributed by atoms with Gasteiger partial charge < -0.3 is 10.2 Å². The van der Waals surface area contributed by atoms with E-state index in [1.165, 1.54) is 0 Å². The fourth-order valence-corrected chi connectivity index (χ4v) is 3.60. The van der Waals surface area contributed by atoms with Crippen LogP contribution in [0, 0.1) is 12.8 Å². The van der Waals surface area contributed by atoms with Gasteiger partial charge in [0.25, 0.3) is 0 Å².